The molecule has 1 fully saturated rings. The van der Waals surface area contributed by atoms with E-state index < -0.39 is 0 Å². The van der Waals surface area contributed by atoms with Crippen LogP contribution in [0.4, 0.5) is 0 Å². The van der Waals surface area contributed by atoms with Crippen LogP contribution in [0.3, 0.4) is 0 Å². The van der Waals surface area contributed by atoms with Gasteiger partial charge in [0.15, 0.2) is 0 Å². The van der Waals surface area contributed by atoms with Gasteiger partial charge in [0.2, 0.25) is 0 Å². The third-order valence-electron chi connectivity index (χ3n) is 2.94. The Morgan fingerprint density at radius 1 is 1.50 bits per heavy atom. The van der Waals surface area contributed by atoms with E-state index in [4.69, 9.17) is 4.74 Å². The molecule has 2 heterocycles. The molecule has 0 radical (unpaired) electrons. The number of hydrogen-bond donors (Lipinski definition) is 0. The summed E-state index contributed by atoms with van der Waals surface area (Å²) in [4.78, 5) is 23.2. The van der Waals surface area contributed by atoms with Gasteiger partial charge in [-0.1, -0.05) is 0 Å². The minimum absolute atomic E-state index is 0.205. The van der Waals surface area contributed by atoms with Gasteiger partial charge in [0.05, 0.1) is 6.10 Å². The summed E-state index contributed by atoms with van der Waals surface area (Å²) in [6, 6.07) is 1.41. The van der Waals surface area contributed by atoms with Gasteiger partial charge in [-0.15, -0.1) is 0 Å². The molecule has 1 aromatic heterocycles. The highest BCUT2D eigenvalue weighted by Gasteiger charge is 2.15. The maximum absolute atomic E-state index is 11.7. The van der Waals surface area contributed by atoms with Crippen molar-refractivity contribution in [3.8, 4) is 0 Å². The maximum Gasteiger partial charge on any atom is 0.330 e. The summed E-state index contributed by atoms with van der Waals surface area (Å²) < 4.78 is 8.14. The highest BCUT2D eigenvalue weighted by Crippen LogP contribution is 2.15. The number of aromatic nitrogens is 2. The van der Waals surface area contributed by atoms with Crippen molar-refractivity contribution in [1.82, 2.24) is 9.13 Å². The molecule has 0 N–H and O–H groups in total. The van der Waals surface area contributed by atoms with E-state index in [0.717, 1.165) is 25.9 Å². The van der Waals surface area contributed by atoms with E-state index in [-0.39, 0.29) is 17.4 Å². The van der Waals surface area contributed by atoms with Crippen molar-refractivity contribution in [2.75, 3.05) is 6.61 Å². The zero-order valence-electron chi connectivity index (χ0n) is 9.39. The zero-order valence-corrected chi connectivity index (χ0v) is 9.39. The van der Waals surface area contributed by atoms with Gasteiger partial charge in [0.1, 0.15) is 0 Å². The summed E-state index contributed by atoms with van der Waals surface area (Å²) in [5.41, 5.74) is -0.494. The first-order valence-corrected chi connectivity index (χ1v) is 5.56. The molecule has 1 aromatic rings. The molecule has 16 heavy (non-hydrogen) atoms. The van der Waals surface area contributed by atoms with E-state index >= 15 is 0 Å². The van der Waals surface area contributed by atoms with Crippen molar-refractivity contribution in [3.05, 3.63) is 33.1 Å². The number of nitrogens with zero attached hydrogens (tertiary/aromatic N) is 2. The lowest BCUT2D eigenvalue weighted by molar-refractivity contribution is 0.0996. The molecule has 5 nitrogen and oxygen atoms in total. The molecule has 0 bridgehead atoms. The lowest BCUT2D eigenvalue weighted by Crippen LogP contribution is -2.38. The first kappa shape index (κ1) is 11.1. The zero-order chi connectivity index (χ0) is 11.5. The highest BCUT2D eigenvalue weighted by molar-refractivity contribution is 4.85. The molecule has 0 spiro atoms. The molecule has 1 unspecified atom stereocenters. The molecule has 1 aliphatic rings. The minimum Gasteiger partial charge on any atom is -0.378 e. The molecule has 0 aromatic carbocycles. The fraction of sp³-hybridized carbons (Fsp3) is 0.636. The van der Waals surface area contributed by atoms with Gasteiger partial charge in [-0.2, -0.15) is 0 Å². The van der Waals surface area contributed by atoms with Crippen molar-refractivity contribution in [3.63, 3.8) is 0 Å². The van der Waals surface area contributed by atoms with E-state index in [0.29, 0.717) is 6.54 Å². The third-order valence-corrected chi connectivity index (χ3v) is 2.94. The Morgan fingerprint density at radius 3 is 3.00 bits per heavy atom. The molecular formula is C11H16N2O3. The van der Waals surface area contributed by atoms with Crippen LogP contribution in [0.15, 0.2) is 21.9 Å². The van der Waals surface area contributed by atoms with Gasteiger partial charge in [0.25, 0.3) is 5.56 Å². The fourth-order valence-electron chi connectivity index (χ4n) is 1.96. The average Bonchev–Trinajstić information content (AvgIpc) is 2.77. The molecule has 88 valence electrons. The van der Waals surface area contributed by atoms with Crippen LogP contribution in [0, 0.1) is 0 Å². The molecule has 0 amide bonds. The first-order valence-electron chi connectivity index (χ1n) is 5.56. The van der Waals surface area contributed by atoms with Crippen molar-refractivity contribution < 1.29 is 4.74 Å². The molecule has 1 atom stereocenters. The minimum atomic E-state index is -0.259. The monoisotopic (exact) mass is 224 g/mol. The van der Waals surface area contributed by atoms with E-state index in [1.165, 1.54) is 21.4 Å². The lowest BCUT2D eigenvalue weighted by atomic mass is 10.2. The van der Waals surface area contributed by atoms with Gasteiger partial charge >= 0.3 is 5.69 Å². The largest absolute Gasteiger partial charge is 0.378 e. The van der Waals surface area contributed by atoms with Gasteiger partial charge in [-0.05, 0) is 19.3 Å². The van der Waals surface area contributed by atoms with Crippen LogP contribution in [0.1, 0.15) is 19.3 Å². The van der Waals surface area contributed by atoms with Crippen molar-refractivity contribution in [2.45, 2.75) is 31.9 Å². The van der Waals surface area contributed by atoms with Gasteiger partial charge in [-0.25, -0.2) is 4.79 Å². The summed E-state index contributed by atoms with van der Waals surface area (Å²) in [5.74, 6) is 0. The normalized spacial score (nSPS) is 20.2. The third kappa shape index (κ3) is 2.24. The predicted octanol–water partition coefficient (Wildman–Crippen LogP) is 0.116. The number of rotatable bonds is 3. The smallest absolute Gasteiger partial charge is 0.330 e. The Balaban J connectivity index is 2.11. The van der Waals surface area contributed by atoms with Crippen LogP contribution < -0.4 is 11.2 Å². The van der Waals surface area contributed by atoms with E-state index in [9.17, 15) is 9.59 Å². The highest BCUT2D eigenvalue weighted by atomic mass is 16.5. The molecular weight excluding hydrogens is 208 g/mol. The van der Waals surface area contributed by atoms with Crippen LogP contribution in [0.5, 0.6) is 0 Å². The summed E-state index contributed by atoms with van der Waals surface area (Å²) in [7, 11) is 1.64. The Bertz CT molecular complexity index is 469. The Hall–Kier alpha value is -1.36. The molecule has 2 rings (SSSR count). The predicted molar refractivity (Wildman–Crippen MR) is 59.5 cm³/mol. The SMILES string of the molecule is Cn1ccc(=O)n(CCC2CCCO2)c1=O. The Morgan fingerprint density at radius 2 is 2.31 bits per heavy atom. The molecule has 0 saturated carbocycles. The number of aryl methyl sites for hydroxylation is 1. The van der Waals surface area contributed by atoms with Gasteiger partial charge < -0.3 is 9.30 Å². The molecule has 1 aliphatic heterocycles. The summed E-state index contributed by atoms with van der Waals surface area (Å²) >= 11 is 0. The first-order chi connectivity index (χ1) is 7.68. The second-order valence-corrected chi connectivity index (χ2v) is 4.12. The van der Waals surface area contributed by atoms with E-state index in [2.05, 4.69) is 0 Å². The van der Waals surface area contributed by atoms with Crippen molar-refractivity contribution in [2.24, 2.45) is 7.05 Å². The lowest BCUT2D eigenvalue weighted by Gasteiger charge is -2.10. The fourth-order valence-corrected chi connectivity index (χ4v) is 1.96. The Labute approximate surface area is 93.3 Å². The second-order valence-electron chi connectivity index (χ2n) is 4.12. The van der Waals surface area contributed by atoms with Gasteiger partial charge in [0, 0.05) is 32.5 Å². The Kier molecular flexibility index (Phi) is 3.24. The van der Waals surface area contributed by atoms with Crippen molar-refractivity contribution >= 4 is 0 Å². The maximum atomic E-state index is 11.7. The molecule has 5 heteroatoms. The summed E-state index contributed by atoms with van der Waals surface area (Å²) in [5, 5.41) is 0. The number of ether oxygens (including phenoxy) is 1. The van der Waals surface area contributed by atoms with Crippen LogP contribution >= 0.6 is 0 Å². The average molecular weight is 224 g/mol. The van der Waals surface area contributed by atoms with Crippen LogP contribution in [0.2, 0.25) is 0 Å². The van der Waals surface area contributed by atoms with Crippen molar-refractivity contribution in [1.29, 1.82) is 0 Å². The van der Waals surface area contributed by atoms with E-state index in [1.807, 2.05) is 0 Å². The quantitative estimate of drug-likeness (QED) is 0.732. The summed E-state index contributed by atoms with van der Waals surface area (Å²) in [6.07, 6.45) is 4.54. The van der Waals surface area contributed by atoms with Crippen LogP contribution in [0.25, 0.3) is 0 Å². The topological polar surface area (TPSA) is 53.2 Å². The standard InChI is InChI=1S/C11H16N2O3/c1-12-6-5-10(14)13(11(12)15)7-4-9-3-2-8-16-9/h5-6,9H,2-4,7-8H2,1H3. The van der Waals surface area contributed by atoms with E-state index in [1.54, 1.807) is 7.05 Å². The molecule has 1 saturated heterocycles. The van der Waals surface area contributed by atoms with Crippen LogP contribution in [-0.2, 0) is 18.3 Å². The number of hydrogen-bond acceptors (Lipinski definition) is 3. The van der Waals surface area contributed by atoms with Gasteiger partial charge in [-0.3, -0.25) is 9.36 Å². The second kappa shape index (κ2) is 4.65. The molecule has 0 aliphatic carbocycles. The summed E-state index contributed by atoms with van der Waals surface area (Å²) in [6.45, 7) is 1.24. The van der Waals surface area contributed by atoms with Crippen LogP contribution in [-0.4, -0.2) is 21.8 Å².